The van der Waals surface area contributed by atoms with Crippen LogP contribution in [-0.2, 0) is 14.3 Å². The van der Waals surface area contributed by atoms with Crippen LogP contribution in [0.1, 0.15) is 40.0 Å². The molecular formula is C12H21NO4. The topological polar surface area (TPSA) is 66.8 Å². The number of hydrogen-bond donors (Lipinski definition) is 1. The van der Waals surface area contributed by atoms with Gasteiger partial charge in [-0.3, -0.25) is 9.59 Å². The van der Waals surface area contributed by atoms with E-state index in [0.29, 0.717) is 6.54 Å². The Morgan fingerprint density at radius 3 is 2.53 bits per heavy atom. The number of carboxylic acids is 1. The number of hydrogen-bond acceptors (Lipinski definition) is 3. The molecule has 17 heavy (non-hydrogen) atoms. The second-order valence-corrected chi connectivity index (χ2v) is 4.58. The zero-order valence-electron chi connectivity index (χ0n) is 10.7. The van der Waals surface area contributed by atoms with E-state index < -0.39 is 5.97 Å². The quantitative estimate of drug-likeness (QED) is 0.789. The number of ether oxygens (including phenoxy) is 1. The van der Waals surface area contributed by atoms with E-state index >= 15 is 0 Å². The molecule has 1 saturated heterocycles. The maximum Gasteiger partial charge on any atom is 0.305 e. The Kier molecular flexibility index (Phi) is 4.93. The first-order valence-electron chi connectivity index (χ1n) is 6.13. The third-order valence-electron chi connectivity index (χ3n) is 3.13. The lowest BCUT2D eigenvalue weighted by Crippen LogP contribution is -2.45. The highest BCUT2D eigenvalue weighted by Crippen LogP contribution is 2.22. The number of amides is 1. The molecule has 1 heterocycles. The van der Waals surface area contributed by atoms with Crippen molar-refractivity contribution in [3.63, 3.8) is 0 Å². The lowest BCUT2D eigenvalue weighted by molar-refractivity contribution is -0.146. The predicted molar refractivity (Wildman–Crippen MR) is 62.7 cm³/mol. The predicted octanol–water partition coefficient (Wildman–Crippen LogP) is 1.27. The van der Waals surface area contributed by atoms with E-state index in [0.717, 1.165) is 12.8 Å². The van der Waals surface area contributed by atoms with Crippen molar-refractivity contribution < 1.29 is 19.4 Å². The van der Waals surface area contributed by atoms with E-state index in [-0.39, 0.29) is 30.6 Å². The van der Waals surface area contributed by atoms with E-state index in [9.17, 15) is 9.59 Å². The van der Waals surface area contributed by atoms with Gasteiger partial charge in [0.25, 0.3) is 5.91 Å². The standard InChI is InChI=1S/C12H21NO4/c1-4-13(8(2)7-11(14)15)12(16)10-6-5-9(3)17-10/h8-10H,4-7H2,1-3H3,(H,14,15). The van der Waals surface area contributed by atoms with Gasteiger partial charge in [-0.15, -0.1) is 0 Å². The highest BCUT2D eigenvalue weighted by Gasteiger charge is 2.33. The van der Waals surface area contributed by atoms with Crippen LogP contribution >= 0.6 is 0 Å². The summed E-state index contributed by atoms with van der Waals surface area (Å²) in [7, 11) is 0. The maximum absolute atomic E-state index is 12.2. The molecule has 0 aliphatic carbocycles. The minimum Gasteiger partial charge on any atom is -0.481 e. The molecule has 5 nitrogen and oxygen atoms in total. The summed E-state index contributed by atoms with van der Waals surface area (Å²) in [5, 5.41) is 8.75. The van der Waals surface area contributed by atoms with Crippen LogP contribution < -0.4 is 0 Å². The molecule has 0 aromatic rings. The molecule has 3 unspecified atom stereocenters. The Bertz CT molecular complexity index is 292. The molecule has 98 valence electrons. The third kappa shape index (κ3) is 3.70. The molecule has 1 N–H and O–H groups in total. The highest BCUT2D eigenvalue weighted by atomic mass is 16.5. The number of likely N-dealkylation sites (N-methyl/N-ethyl adjacent to an activating group) is 1. The van der Waals surface area contributed by atoms with Crippen molar-refractivity contribution in [2.75, 3.05) is 6.54 Å². The molecule has 1 aliphatic heterocycles. The van der Waals surface area contributed by atoms with Gasteiger partial charge in [0.2, 0.25) is 0 Å². The van der Waals surface area contributed by atoms with Gasteiger partial charge in [0.1, 0.15) is 6.10 Å². The van der Waals surface area contributed by atoms with Crippen LogP contribution in [0.15, 0.2) is 0 Å². The highest BCUT2D eigenvalue weighted by molar-refractivity contribution is 5.82. The molecule has 0 aromatic carbocycles. The van der Waals surface area contributed by atoms with Gasteiger partial charge in [0.05, 0.1) is 12.5 Å². The molecule has 0 radical (unpaired) electrons. The normalized spacial score (nSPS) is 25.6. The van der Waals surface area contributed by atoms with Crippen molar-refractivity contribution in [2.24, 2.45) is 0 Å². The van der Waals surface area contributed by atoms with Crippen molar-refractivity contribution in [2.45, 2.75) is 58.3 Å². The number of rotatable bonds is 5. The summed E-state index contributed by atoms with van der Waals surface area (Å²) < 4.78 is 5.52. The van der Waals surface area contributed by atoms with Crippen LogP contribution in [0.2, 0.25) is 0 Å². The van der Waals surface area contributed by atoms with Crippen LogP contribution in [0, 0.1) is 0 Å². The minimum absolute atomic E-state index is 0.0259. The van der Waals surface area contributed by atoms with E-state index in [1.807, 2.05) is 13.8 Å². The van der Waals surface area contributed by atoms with E-state index in [1.54, 1.807) is 11.8 Å². The first-order valence-corrected chi connectivity index (χ1v) is 6.13. The van der Waals surface area contributed by atoms with Crippen molar-refractivity contribution >= 4 is 11.9 Å². The number of aliphatic carboxylic acids is 1. The number of carboxylic acid groups (broad SMARTS) is 1. The average molecular weight is 243 g/mol. The summed E-state index contributed by atoms with van der Waals surface area (Å²) in [4.78, 5) is 24.4. The largest absolute Gasteiger partial charge is 0.481 e. The lowest BCUT2D eigenvalue weighted by Gasteiger charge is -2.29. The van der Waals surface area contributed by atoms with Crippen molar-refractivity contribution in [3.8, 4) is 0 Å². The van der Waals surface area contributed by atoms with Gasteiger partial charge in [-0.2, -0.15) is 0 Å². The fourth-order valence-electron chi connectivity index (χ4n) is 2.22. The second kappa shape index (κ2) is 6.00. The Morgan fingerprint density at radius 1 is 1.47 bits per heavy atom. The third-order valence-corrected chi connectivity index (χ3v) is 3.13. The van der Waals surface area contributed by atoms with Gasteiger partial charge in [0.15, 0.2) is 0 Å². The van der Waals surface area contributed by atoms with Crippen molar-refractivity contribution in [1.29, 1.82) is 0 Å². The smallest absolute Gasteiger partial charge is 0.305 e. The van der Waals surface area contributed by atoms with Crippen LogP contribution in [0.25, 0.3) is 0 Å². The number of carbonyl (C=O) groups excluding carboxylic acids is 1. The monoisotopic (exact) mass is 243 g/mol. The molecule has 0 aromatic heterocycles. The molecule has 3 atom stereocenters. The van der Waals surface area contributed by atoms with Crippen LogP contribution in [-0.4, -0.2) is 46.7 Å². The van der Waals surface area contributed by atoms with Crippen LogP contribution in [0.3, 0.4) is 0 Å². The molecular weight excluding hydrogens is 222 g/mol. The second-order valence-electron chi connectivity index (χ2n) is 4.58. The minimum atomic E-state index is -0.885. The van der Waals surface area contributed by atoms with Crippen LogP contribution in [0.4, 0.5) is 0 Å². The zero-order chi connectivity index (χ0) is 13.0. The number of carbonyl (C=O) groups is 2. The van der Waals surface area contributed by atoms with E-state index in [4.69, 9.17) is 9.84 Å². The summed E-state index contributed by atoms with van der Waals surface area (Å²) in [6, 6.07) is -0.287. The Hall–Kier alpha value is -1.10. The number of nitrogens with zero attached hydrogens (tertiary/aromatic N) is 1. The van der Waals surface area contributed by atoms with Crippen molar-refractivity contribution in [3.05, 3.63) is 0 Å². The fourth-order valence-corrected chi connectivity index (χ4v) is 2.22. The average Bonchev–Trinajstić information content (AvgIpc) is 2.64. The maximum atomic E-state index is 12.2. The molecule has 0 saturated carbocycles. The Labute approximate surface area is 102 Å². The summed E-state index contributed by atoms with van der Waals surface area (Å²) >= 11 is 0. The molecule has 1 aliphatic rings. The Morgan fingerprint density at radius 2 is 2.12 bits per heavy atom. The van der Waals surface area contributed by atoms with Gasteiger partial charge in [-0.1, -0.05) is 0 Å². The fraction of sp³-hybridized carbons (Fsp3) is 0.833. The van der Waals surface area contributed by atoms with Gasteiger partial charge in [-0.25, -0.2) is 0 Å². The molecule has 5 heteroatoms. The van der Waals surface area contributed by atoms with E-state index in [1.165, 1.54) is 0 Å². The molecule has 0 spiro atoms. The molecule has 1 amide bonds. The molecule has 1 rings (SSSR count). The molecule has 0 bridgehead atoms. The Balaban J connectivity index is 2.60. The summed E-state index contributed by atoms with van der Waals surface area (Å²) in [6.07, 6.45) is 1.33. The van der Waals surface area contributed by atoms with Crippen LogP contribution in [0.5, 0.6) is 0 Å². The summed E-state index contributed by atoms with van der Waals surface area (Å²) in [6.45, 7) is 6.08. The van der Waals surface area contributed by atoms with Gasteiger partial charge >= 0.3 is 5.97 Å². The van der Waals surface area contributed by atoms with Gasteiger partial charge in [0, 0.05) is 12.6 Å². The first-order chi connectivity index (χ1) is 7.95. The summed E-state index contributed by atoms with van der Waals surface area (Å²) in [5.74, 6) is -0.963. The SMILES string of the molecule is CCN(C(=O)C1CCC(C)O1)C(C)CC(=O)O. The van der Waals surface area contributed by atoms with Gasteiger partial charge in [-0.05, 0) is 33.6 Å². The summed E-state index contributed by atoms with van der Waals surface area (Å²) in [5.41, 5.74) is 0. The lowest BCUT2D eigenvalue weighted by atomic mass is 10.1. The zero-order valence-corrected chi connectivity index (χ0v) is 10.7. The molecule has 1 fully saturated rings. The van der Waals surface area contributed by atoms with Gasteiger partial charge < -0.3 is 14.7 Å². The van der Waals surface area contributed by atoms with Crippen molar-refractivity contribution in [1.82, 2.24) is 4.90 Å². The van der Waals surface area contributed by atoms with E-state index in [2.05, 4.69) is 0 Å². The first kappa shape index (κ1) is 14.0.